The van der Waals surface area contributed by atoms with Crippen LogP contribution in [-0.2, 0) is 12.3 Å². The van der Waals surface area contributed by atoms with Gasteiger partial charge in [0.1, 0.15) is 16.9 Å². The van der Waals surface area contributed by atoms with E-state index in [4.69, 9.17) is 25.2 Å². The number of hydrogen-bond acceptors (Lipinski definition) is 5. The van der Waals surface area contributed by atoms with Crippen molar-refractivity contribution in [2.45, 2.75) is 12.3 Å². The van der Waals surface area contributed by atoms with Gasteiger partial charge in [-0.25, -0.2) is 9.59 Å². The average Bonchev–Trinajstić information content (AvgIpc) is 2.45. The highest BCUT2D eigenvalue weighted by Gasteiger charge is 2.22. The standard InChI is InChI=1S/C15H9ClO5/c16-6-8-4-12(18)21-10-5-9-13-7(3-11(17)20-9)1-2-19-15(13)14(8)10/h3-5H,1-2,6H2. The molecule has 3 aromatic rings. The molecule has 0 aliphatic carbocycles. The van der Waals surface area contributed by atoms with Gasteiger partial charge in [-0.05, 0) is 11.1 Å². The molecule has 6 heteroatoms. The molecule has 0 radical (unpaired) electrons. The van der Waals surface area contributed by atoms with Crippen LogP contribution in [0.5, 0.6) is 5.75 Å². The summed E-state index contributed by atoms with van der Waals surface area (Å²) in [6, 6.07) is 4.37. The summed E-state index contributed by atoms with van der Waals surface area (Å²) in [4.78, 5) is 23.2. The predicted molar refractivity (Wildman–Crippen MR) is 77.3 cm³/mol. The molecule has 21 heavy (non-hydrogen) atoms. The molecule has 0 N–H and O–H groups in total. The second-order valence-corrected chi connectivity index (χ2v) is 5.13. The third-order valence-corrected chi connectivity index (χ3v) is 3.91. The predicted octanol–water partition coefficient (Wildman–Crippen LogP) is 2.57. The van der Waals surface area contributed by atoms with E-state index in [0.29, 0.717) is 40.9 Å². The van der Waals surface area contributed by atoms with Crippen molar-refractivity contribution >= 4 is 33.5 Å². The maximum absolute atomic E-state index is 11.6. The second kappa shape index (κ2) is 4.36. The zero-order chi connectivity index (χ0) is 14.6. The summed E-state index contributed by atoms with van der Waals surface area (Å²) in [6.07, 6.45) is 0.633. The first-order valence-corrected chi connectivity index (χ1v) is 6.96. The van der Waals surface area contributed by atoms with E-state index in [1.54, 1.807) is 6.07 Å². The lowest BCUT2D eigenvalue weighted by Gasteiger charge is -2.19. The van der Waals surface area contributed by atoms with Crippen molar-refractivity contribution in [3.8, 4) is 5.75 Å². The van der Waals surface area contributed by atoms with Gasteiger partial charge in [0.2, 0.25) is 0 Å². The summed E-state index contributed by atoms with van der Waals surface area (Å²) in [5, 5.41) is 1.40. The Morgan fingerprint density at radius 3 is 2.48 bits per heavy atom. The van der Waals surface area contributed by atoms with Crippen molar-refractivity contribution in [2.75, 3.05) is 6.61 Å². The topological polar surface area (TPSA) is 69.7 Å². The van der Waals surface area contributed by atoms with E-state index >= 15 is 0 Å². The summed E-state index contributed by atoms with van der Waals surface area (Å²) < 4.78 is 16.2. The Kier molecular flexibility index (Phi) is 2.59. The summed E-state index contributed by atoms with van der Waals surface area (Å²) in [6.45, 7) is 0.450. The Hall–Kier alpha value is -2.27. The Morgan fingerprint density at radius 2 is 1.71 bits per heavy atom. The van der Waals surface area contributed by atoms with E-state index in [2.05, 4.69) is 0 Å². The van der Waals surface area contributed by atoms with E-state index in [-0.39, 0.29) is 5.88 Å². The van der Waals surface area contributed by atoms with Gasteiger partial charge in [-0.15, -0.1) is 11.6 Å². The summed E-state index contributed by atoms with van der Waals surface area (Å²) in [5.74, 6) is 0.725. The fraction of sp³-hybridized carbons (Fsp3) is 0.200. The van der Waals surface area contributed by atoms with Crippen molar-refractivity contribution in [1.29, 1.82) is 0 Å². The van der Waals surface area contributed by atoms with Crippen LogP contribution >= 0.6 is 11.6 Å². The van der Waals surface area contributed by atoms with Crippen molar-refractivity contribution in [3.05, 3.63) is 50.2 Å². The van der Waals surface area contributed by atoms with Crippen LogP contribution in [0.3, 0.4) is 0 Å². The fourth-order valence-electron chi connectivity index (χ4n) is 2.80. The van der Waals surface area contributed by atoms with Crippen LogP contribution in [-0.4, -0.2) is 6.61 Å². The van der Waals surface area contributed by atoms with Crippen LogP contribution in [0.4, 0.5) is 0 Å². The van der Waals surface area contributed by atoms with Crippen LogP contribution in [0, 0.1) is 0 Å². The zero-order valence-electron chi connectivity index (χ0n) is 10.8. The van der Waals surface area contributed by atoms with Crippen LogP contribution in [0.15, 0.2) is 36.6 Å². The number of hydrogen-bond donors (Lipinski definition) is 0. The minimum atomic E-state index is -0.501. The number of rotatable bonds is 1. The summed E-state index contributed by atoms with van der Waals surface area (Å²) >= 11 is 5.93. The molecular formula is C15H9ClO5. The first-order chi connectivity index (χ1) is 10.2. The maximum Gasteiger partial charge on any atom is 0.336 e. The molecule has 0 saturated heterocycles. The Balaban J connectivity index is 2.31. The number of halogens is 1. The lowest BCUT2D eigenvalue weighted by atomic mass is 10.00. The average molecular weight is 305 g/mol. The molecule has 1 aliphatic heterocycles. The van der Waals surface area contributed by atoms with Gasteiger partial charge in [0, 0.05) is 30.5 Å². The van der Waals surface area contributed by atoms with Gasteiger partial charge in [0.25, 0.3) is 0 Å². The van der Waals surface area contributed by atoms with Crippen LogP contribution < -0.4 is 16.0 Å². The van der Waals surface area contributed by atoms with Gasteiger partial charge in [-0.3, -0.25) is 0 Å². The SMILES string of the molecule is O=c1cc(CCl)c2c3c4c(cc(=O)oc4cc2o1)CCO3. The molecule has 0 atom stereocenters. The zero-order valence-corrected chi connectivity index (χ0v) is 11.5. The van der Waals surface area contributed by atoms with Crippen molar-refractivity contribution < 1.29 is 13.6 Å². The largest absolute Gasteiger partial charge is 0.492 e. The number of benzene rings is 1. The first kappa shape index (κ1) is 12.5. The minimum absolute atomic E-state index is 0.163. The monoisotopic (exact) mass is 304 g/mol. The van der Waals surface area contributed by atoms with Gasteiger partial charge in [-0.1, -0.05) is 0 Å². The van der Waals surface area contributed by atoms with Gasteiger partial charge >= 0.3 is 11.3 Å². The quantitative estimate of drug-likeness (QED) is 0.392. The number of alkyl halides is 1. The third-order valence-electron chi connectivity index (χ3n) is 3.62. The van der Waals surface area contributed by atoms with Crippen molar-refractivity contribution in [3.63, 3.8) is 0 Å². The van der Waals surface area contributed by atoms with Gasteiger partial charge in [-0.2, -0.15) is 0 Å². The molecule has 3 heterocycles. The summed E-state index contributed by atoms with van der Waals surface area (Å²) in [7, 11) is 0. The molecule has 4 rings (SSSR count). The Bertz CT molecular complexity index is 999. The first-order valence-electron chi connectivity index (χ1n) is 6.42. The second-order valence-electron chi connectivity index (χ2n) is 4.87. The molecule has 0 fully saturated rings. The fourth-order valence-corrected chi connectivity index (χ4v) is 3.01. The molecule has 1 aromatic carbocycles. The molecule has 0 unspecified atom stereocenters. The molecule has 2 aromatic heterocycles. The van der Waals surface area contributed by atoms with E-state index in [0.717, 1.165) is 10.9 Å². The highest BCUT2D eigenvalue weighted by molar-refractivity contribution is 6.18. The normalized spacial score (nSPS) is 13.6. The summed E-state index contributed by atoms with van der Waals surface area (Å²) in [5.41, 5.74) is 1.24. The Morgan fingerprint density at radius 1 is 1.00 bits per heavy atom. The minimum Gasteiger partial charge on any atom is -0.492 e. The van der Waals surface area contributed by atoms with Crippen LogP contribution in [0.1, 0.15) is 11.1 Å². The van der Waals surface area contributed by atoms with Crippen molar-refractivity contribution in [2.24, 2.45) is 0 Å². The lowest BCUT2D eigenvalue weighted by molar-refractivity contribution is 0.320. The van der Waals surface area contributed by atoms with E-state index in [1.165, 1.54) is 12.1 Å². The van der Waals surface area contributed by atoms with Gasteiger partial charge in [0.15, 0.2) is 0 Å². The highest BCUT2D eigenvalue weighted by atomic mass is 35.5. The lowest BCUT2D eigenvalue weighted by Crippen LogP contribution is -2.13. The molecular weight excluding hydrogens is 296 g/mol. The van der Waals surface area contributed by atoms with Gasteiger partial charge in [0.05, 0.1) is 17.4 Å². The van der Waals surface area contributed by atoms with E-state index in [1.807, 2.05) is 0 Å². The van der Waals surface area contributed by atoms with E-state index < -0.39 is 11.3 Å². The molecule has 0 bridgehead atoms. The molecule has 106 valence electrons. The van der Waals surface area contributed by atoms with Crippen molar-refractivity contribution in [1.82, 2.24) is 0 Å². The maximum atomic E-state index is 11.6. The number of ether oxygens (including phenoxy) is 1. The smallest absolute Gasteiger partial charge is 0.336 e. The highest BCUT2D eigenvalue weighted by Crippen LogP contribution is 2.40. The Labute approximate surface area is 122 Å². The van der Waals surface area contributed by atoms with Crippen LogP contribution in [0.25, 0.3) is 21.9 Å². The number of fused-ring (bicyclic) bond motifs is 2. The van der Waals surface area contributed by atoms with Crippen LogP contribution in [0.2, 0.25) is 0 Å². The molecule has 1 aliphatic rings. The third kappa shape index (κ3) is 1.77. The molecule has 0 spiro atoms. The van der Waals surface area contributed by atoms with Gasteiger partial charge < -0.3 is 13.6 Å². The molecule has 5 nitrogen and oxygen atoms in total. The molecule has 0 saturated carbocycles. The van der Waals surface area contributed by atoms with E-state index in [9.17, 15) is 9.59 Å². The molecule has 0 amide bonds.